The van der Waals surface area contributed by atoms with Crippen LogP contribution in [0.2, 0.25) is 0 Å². The summed E-state index contributed by atoms with van der Waals surface area (Å²) in [6, 6.07) is 7.46. The number of hydrogen-bond acceptors (Lipinski definition) is 5. The first-order valence-electron chi connectivity index (χ1n) is 12.0. The van der Waals surface area contributed by atoms with Gasteiger partial charge in [0.2, 0.25) is 5.91 Å². The fourth-order valence-electron chi connectivity index (χ4n) is 4.28. The molecule has 0 spiro atoms. The molecule has 0 bridgehead atoms. The van der Waals surface area contributed by atoms with E-state index in [0.717, 1.165) is 75.9 Å². The summed E-state index contributed by atoms with van der Waals surface area (Å²) in [7, 11) is 1.62. The molecule has 2 fully saturated rings. The van der Waals surface area contributed by atoms with Crippen molar-refractivity contribution in [3.05, 3.63) is 29.8 Å². The van der Waals surface area contributed by atoms with E-state index in [2.05, 4.69) is 20.1 Å². The summed E-state index contributed by atoms with van der Waals surface area (Å²) in [5.74, 6) is 1.80. The average Bonchev–Trinajstić information content (AvgIpc) is 3.12. The maximum Gasteiger partial charge on any atom is 0.236 e. The third-order valence-corrected chi connectivity index (χ3v) is 6.22. The molecule has 1 aromatic carbocycles. The summed E-state index contributed by atoms with van der Waals surface area (Å²) in [5, 5.41) is 13.9. The van der Waals surface area contributed by atoms with E-state index in [1.807, 2.05) is 36.1 Å². The predicted molar refractivity (Wildman–Crippen MR) is 142 cm³/mol. The summed E-state index contributed by atoms with van der Waals surface area (Å²) in [5.41, 5.74) is 0.792. The normalized spacial score (nSPS) is 18.8. The summed E-state index contributed by atoms with van der Waals surface area (Å²) in [4.78, 5) is 23.9. The Morgan fingerprint density at radius 1 is 1.09 bits per heavy atom. The maximum absolute atomic E-state index is 12.7. The van der Waals surface area contributed by atoms with Crippen molar-refractivity contribution in [1.29, 1.82) is 0 Å². The van der Waals surface area contributed by atoms with Crippen molar-refractivity contribution in [2.24, 2.45) is 4.99 Å². The molecule has 9 heteroatoms. The molecule has 2 saturated heterocycles. The first kappa shape index (κ1) is 27.7. The number of amides is 1. The van der Waals surface area contributed by atoms with Crippen LogP contribution in [0.15, 0.2) is 29.3 Å². The monoisotopic (exact) mass is 573 g/mol. The van der Waals surface area contributed by atoms with Crippen LogP contribution in [0.1, 0.15) is 44.3 Å². The van der Waals surface area contributed by atoms with Gasteiger partial charge in [0.15, 0.2) is 5.96 Å². The van der Waals surface area contributed by atoms with Gasteiger partial charge in [0.1, 0.15) is 5.75 Å². The second-order valence-electron chi connectivity index (χ2n) is 8.55. The van der Waals surface area contributed by atoms with Gasteiger partial charge in [-0.15, -0.1) is 24.0 Å². The molecule has 0 radical (unpaired) electrons. The van der Waals surface area contributed by atoms with Crippen molar-refractivity contribution < 1.29 is 14.6 Å². The summed E-state index contributed by atoms with van der Waals surface area (Å²) in [6.07, 6.45) is 4.04. The smallest absolute Gasteiger partial charge is 0.236 e. The van der Waals surface area contributed by atoms with Crippen LogP contribution in [0.5, 0.6) is 5.75 Å². The standard InChI is InChI=1S/C24H39N5O3.HI/c1-3-25-24(26-18-22(30)20-9-8-10-21(17-20)32-2)29-15-13-27(14-16-29)19-23(31)28-11-6-4-5-7-12-28;/h8-10,17,22,30H,3-7,11-16,18-19H2,1-2H3,(H,25,26);1H. The maximum atomic E-state index is 12.7. The summed E-state index contributed by atoms with van der Waals surface area (Å²) in [6.45, 7) is 8.72. The van der Waals surface area contributed by atoms with Gasteiger partial charge in [-0.05, 0) is 37.5 Å². The van der Waals surface area contributed by atoms with Gasteiger partial charge in [-0.25, -0.2) is 0 Å². The number of piperazine rings is 1. The highest BCUT2D eigenvalue weighted by atomic mass is 127. The fourth-order valence-corrected chi connectivity index (χ4v) is 4.28. The lowest BCUT2D eigenvalue weighted by Gasteiger charge is -2.37. The van der Waals surface area contributed by atoms with E-state index in [0.29, 0.717) is 6.54 Å². The van der Waals surface area contributed by atoms with Gasteiger partial charge in [-0.1, -0.05) is 25.0 Å². The van der Waals surface area contributed by atoms with E-state index in [9.17, 15) is 9.90 Å². The van der Waals surface area contributed by atoms with Gasteiger partial charge in [0.05, 0.1) is 26.3 Å². The third-order valence-electron chi connectivity index (χ3n) is 6.22. The van der Waals surface area contributed by atoms with Crippen LogP contribution in [0, 0.1) is 0 Å². The van der Waals surface area contributed by atoms with E-state index >= 15 is 0 Å². The fraction of sp³-hybridized carbons (Fsp3) is 0.667. The molecule has 1 atom stereocenters. The minimum absolute atomic E-state index is 0. The lowest BCUT2D eigenvalue weighted by molar-refractivity contribution is -0.132. The number of rotatable bonds is 7. The van der Waals surface area contributed by atoms with E-state index in [-0.39, 0.29) is 36.4 Å². The Bertz CT molecular complexity index is 747. The zero-order valence-corrected chi connectivity index (χ0v) is 22.4. The Labute approximate surface area is 215 Å². The first-order chi connectivity index (χ1) is 15.6. The zero-order valence-electron chi connectivity index (χ0n) is 20.0. The molecule has 2 N–H and O–H groups in total. The molecular weight excluding hydrogens is 533 g/mol. The minimum Gasteiger partial charge on any atom is -0.497 e. The minimum atomic E-state index is -0.689. The number of carbonyl (C=O) groups excluding carboxylic acids is 1. The summed E-state index contributed by atoms with van der Waals surface area (Å²) >= 11 is 0. The predicted octanol–water partition coefficient (Wildman–Crippen LogP) is 2.33. The molecule has 8 nitrogen and oxygen atoms in total. The second kappa shape index (κ2) is 14.6. The number of guanidine groups is 1. The topological polar surface area (TPSA) is 80.6 Å². The average molecular weight is 574 g/mol. The Balaban J connectivity index is 0.00000385. The van der Waals surface area contributed by atoms with Crippen LogP contribution in [0.25, 0.3) is 0 Å². The number of hydrogen-bond donors (Lipinski definition) is 2. The highest BCUT2D eigenvalue weighted by Crippen LogP contribution is 2.19. The first-order valence-corrected chi connectivity index (χ1v) is 12.0. The van der Waals surface area contributed by atoms with Crippen molar-refractivity contribution in [3.63, 3.8) is 0 Å². The van der Waals surface area contributed by atoms with Crippen LogP contribution < -0.4 is 10.1 Å². The van der Waals surface area contributed by atoms with E-state index in [1.54, 1.807) is 7.11 Å². The lowest BCUT2D eigenvalue weighted by Crippen LogP contribution is -2.54. The molecule has 186 valence electrons. The van der Waals surface area contributed by atoms with Crippen LogP contribution in [-0.2, 0) is 4.79 Å². The van der Waals surface area contributed by atoms with Crippen LogP contribution in [0.3, 0.4) is 0 Å². The number of halogens is 1. The quantitative estimate of drug-likeness (QED) is 0.296. The van der Waals surface area contributed by atoms with Crippen molar-refractivity contribution in [1.82, 2.24) is 20.0 Å². The third kappa shape index (κ3) is 8.60. The zero-order chi connectivity index (χ0) is 22.8. The number of benzene rings is 1. The molecule has 0 aliphatic carbocycles. The number of aliphatic hydroxyl groups is 1. The number of nitrogens with zero attached hydrogens (tertiary/aromatic N) is 4. The highest BCUT2D eigenvalue weighted by Gasteiger charge is 2.24. The second-order valence-corrected chi connectivity index (χ2v) is 8.55. The van der Waals surface area contributed by atoms with E-state index in [1.165, 1.54) is 12.8 Å². The number of likely N-dealkylation sites (tertiary alicyclic amines) is 1. The van der Waals surface area contributed by atoms with Crippen molar-refractivity contribution in [3.8, 4) is 5.75 Å². The lowest BCUT2D eigenvalue weighted by atomic mass is 10.1. The Morgan fingerprint density at radius 2 is 1.79 bits per heavy atom. The highest BCUT2D eigenvalue weighted by molar-refractivity contribution is 14.0. The van der Waals surface area contributed by atoms with E-state index < -0.39 is 6.10 Å². The van der Waals surface area contributed by atoms with Gasteiger partial charge in [-0.2, -0.15) is 0 Å². The van der Waals surface area contributed by atoms with E-state index in [4.69, 9.17) is 4.74 Å². The molecule has 2 aliphatic heterocycles. The van der Waals surface area contributed by atoms with Crippen LogP contribution in [0.4, 0.5) is 0 Å². The molecular formula is C24H40IN5O3. The van der Waals surface area contributed by atoms with Gasteiger partial charge >= 0.3 is 0 Å². The Hall–Kier alpha value is -1.59. The van der Waals surface area contributed by atoms with Crippen molar-refractivity contribution in [2.75, 3.05) is 66.0 Å². The summed E-state index contributed by atoms with van der Waals surface area (Å²) < 4.78 is 5.25. The molecule has 3 rings (SSSR count). The number of methoxy groups -OCH3 is 1. The number of carbonyl (C=O) groups is 1. The number of aliphatic imine (C=N–C) groups is 1. The van der Waals surface area contributed by atoms with Crippen LogP contribution in [-0.4, -0.2) is 97.7 Å². The Kier molecular flexibility index (Phi) is 12.3. The number of aliphatic hydroxyl groups excluding tert-OH is 1. The van der Waals surface area contributed by atoms with Gasteiger partial charge < -0.3 is 25.0 Å². The SMILES string of the molecule is CCNC(=NCC(O)c1cccc(OC)c1)N1CCN(CC(=O)N2CCCCCC2)CC1.I. The largest absolute Gasteiger partial charge is 0.497 e. The molecule has 1 aromatic rings. The van der Waals surface area contributed by atoms with Crippen molar-refractivity contribution >= 4 is 35.8 Å². The molecule has 33 heavy (non-hydrogen) atoms. The molecule has 1 unspecified atom stereocenters. The van der Waals surface area contributed by atoms with Gasteiger partial charge in [0, 0.05) is 45.8 Å². The van der Waals surface area contributed by atoms with Gasteiger partial charge in [-0.3, -0.25) is 14.7 Å². The molecule has 0 saturated carbocycles. The number of nitrogens with one attached hydrogen (secondary N) is 1. The Morgan fingerprint density at radius 3 is 2.42 bits per heavy atom. The van der Waals surface area contributed by atoms with Crippen LogP contribution >= 0.6 is 24.0 Å². The molecule has 2 aliphatic rings. The molecule has 0 aromatic heterocycles. The molecule has 1 amide bonds. The van der Waals surface area contributed by atoms with Crippen molar-refractivity contribution in [2.45, 2.75) is 38.7 Å². The molecule has 2 heterocycles. The van der Waals surface area contributed by atoms with Gasteiger partial charge in [0.25, 0.3) is 0 Å². The number of ether oxygens (including phenoxy) is 1.